The lowest BCUT2D eigenvalue weighted by Gasteiger charge is -2.35. The maximum Gasteiger partial charge on any atom is 0.408 e. The standard InChI is InChI=1S/C8H10N2O5/c11-6-4-2-1-3(10(4)8(14)15)5(9-6)7(12)13/h3-5H,1-2H2,(H,9,11)(H,12,13)(H,14,15)/t3-,4+,5?/m1/s1. The molecule has 2 rings (SSSR count). The van der Waals surface area contributed by atoms with Crippen molar-refractivity contribution in [3.05, 3.63) is 0 Å². The summed E-state index contributed by atoms with van der Waals surface area (Å²) < 4.78 is 0. The molecule has 0 aromatic carbocycles. The first kappa shape index (κ1) is 9.75. The van der Waals surface area contributed by atoms with Crippen LogP contribution >= 0.6 is 0 Å². The number of aliphatic carboxylic acids is 1. The Hall–Kier alpha value is -1.79. The number of fused-ring (bicyclic) bond motifs is 2. The van der Waals surface area contributed by atoms with Crippen LogP contribution in [0.3, 0.4) is 0 Å². The second-order valence-electron chi connectivity index (χ2n) is 3.67. The number of carbonyl (C=O) groups is 3. The van der Waals surface area contributed by atoms with Gasteiger partial charge in [-0.15, -0.1) is 0 Å². The summed E-state index contributed by atoms with van der Waals surface area (Å²) in [5.41, 5.74) is 0. The first-order valence-electron chi connectivity index (χ1n) is 4.57. The molecule has 15 heavy (non-hydrogen) atoms. The Morgan fingerprint density at radius 3 is 2.53 bits per heavy atom. The van der Waals surface area contributed by atoms with Gasteiger partial charge in [-0.3, -0.25) is 9.69 Å². The normalized spacial score (nSPS) is 33.7. The largest absolute Gasteiger partial charge is 0.480 e. The summed E-state index contributed by atoms with van der Waals surface area (Å²) in [6.45, 7) is 0. The third-order valence-corrected chi connectivity index (χ3v) is 2.90. The summed E-state index contributed by atoms with van der Waals surface area (Å²) in [5, 5.41) is 20.0. The molecule has 2 bridgehead atoms. The molecule has 7 heteroatoms. The topological polar surface area (TPSA) is 107 Å². The maximum atomic E-state index is 11.4. The van der Waals surface area contributed by atoms with Crippen molar-refractivity contribution in [2.75, 3.05) is 0 Å². The van der Waals surface area contributed by atoms with Crippen LogP contribution in [-0.2, 0) is 9.59 Å². The van der Waals surface area contributed by atoms with E-state index in [1.165, 1.54) is 0 Å². The van der Waals surface area contributed by atoms with E-state index in [2.05, 4.69) is 5.32 Å². The van der Waals surface area contributed by atoms with Gasteiger partial charge in [-0.2, -0.15) is 0 Å². The monoisotopic (exact) mass is 214 g/mol. The Morgan fingerprint density at radius 2 is 2.00 bits per heavy atom. The molecule has 2 fully saturated rings. The molecule has 3 atom stereocenters. The van der Waals surface area contributed by atoms with E-state index in [0.29, 0.717) is 12.8 Å². The van der Waals surface area contributed by atoms with Crippen LogP contribution in [0.15, 0.2) is 0 Å². The van der Waals surface area contributed by atoms with Crippen LogP contribution in [0.25, 0.3) is 0 Å². The van der Waals surface area contributed by atoms with Crippen LogP contribution < -0.4 is 5.32 Å². The van der Waals surface area contributed by atoms with Crippen molar-refractivity contribution in [1.29, 1.82) is 0 Å². The van der Waals surface area contributed by atoms with Gasteiger partial charge in [0.15, 0.2) is 0 Å². The quantitative estimate of drug-likeness (QED) is 0.523. The number of carboxylic acid groups (broad SMARTS) is 2. The first-order valence-corrected chi connectivity index (χ1v) is 4.57. The van der Waals surface area contributed by atoms with Crippen molar-refractivity contribution in [2.45, 2.75) is 31.0 Å². The Labute approximate surface area is 84.7 Å². The zero-order chi connectivity index (χ0) is 11.2. The van der Waals surface area contributed by atoms with E-state index in [4.69, 9.17) is 10.2 Å². The van der Waals surface area contributed by atoms with E-state index in [0.717, 1.165) is 4.90 Å². The summed E-state index contributed by atoms with van der Waals surface area (Å²) in [6.07, 6.45) is -0.428. The van der Waals surface area contributed by atoms with Crippen LogP contribution in [0, 0.1) is 0 Å². The van der Waals surface area contributed by atoms with E-state index in [-0.39, 0.29) is 0 Å². The molecule has 2 amide bonds. The number of hydrogen-bond donors (Lipinski definition) is 3. The minimum atomic E-state index is -1.23. The molecule has 2 aliphatic rings. The van der Waals surface area contributed by atoms with Gasteiger partial charge in [0.05, 0.1) is 6.04 Å². The van der Waals surface area contributed by atoms with Crippen LogP contribution in [-0.4, -0.2) is 51.2 Å². The third-order valence-electron chi connectivity index (χ3n) is 2.90. The second-order valence-corrected chi connectivity index (χ2v) is 3.67. The van der Waals surface area contributed by atoms with Crippen molar-refractivity contribution in [3.63, 3.8) is 0 Å². The number of carbonyl (C=O) groups excluding carboxylic acids is 1. The fourth-order valence-electron chi connectivity index (χ4n) is 2.27. The van der Waals surface area contributed by atoms with Gasteiger partial charge in [-0.05, 0) is 12.8 Å². The number of carboxylic acids is 1. The fourth-order valence-corrected chi connectivity index (χ4v) is 2.27. The van der Waals surface area contributed by atoms with Gasteiger partial charge < -0.3 is 15.5 Å². The lowest BCUT2D eigenvalue weighted by molar-refractivity contribution is -0.146. The molecule has 2 heterocycles. The molecule has 2 saturated heterocycles. The Bertz CT molecular complexity index is 342. The predicted molar refractivity (Wildman–Crippen MR) is 46.2 cm³/mol. The number of nitrogens with one attached hydrogen (secondary N) is 1. The molecule has 2 aliphatic heterocycles. The minimum absolute atomic E-state index is 0.395. The Morgan fingerprint density at radius 1 is 1.33 bits per heavy atom. The zero-order valence-electron chi connectivity index (χ0n) is 7.71. The lowest BCUT2D eigenvalue weighted by Crippen LogP contribution is -2.64. The average Bonchev–Trinajstić information content (AvgIpc) is 2.50. The van der Waals surface area contributed by atoms with Crippen LogP contribution in [0.5, 0.6) is 0 Å². The molecule has 0 radical (unpaired) electrons. The van der Waals surface area contributed by atoms with Crippen LogP contribution in [0.4, 0.5) is 4.79 Å². The third kappa shape index (κ3) is 1.31. The summed E-state index contributed by atoms with van der Waals surface area (Å²) >= 11 is 0. The average molecular weight is 214 g/mol. The van der Waals surface area contributed by atoms with Crippen molar-refractivity contribution in [3.8, 4) is 0 Å². The zero-order valence-corrected chi connectivity index (χ0v) is 7.71. The number of hydrogen-bond acceptors (Lipinski definition) is 3. The number of nitrogens with zero attached hydrogens (tertiary/aromatic N) is 1. The second kappa shape index (κ2) is 3.11. The highest BCUT2D eigenvalue weighted by molar-refractivity contribution is 5.92. The summed E-state index contributed by atoms with van der Waals surface area (Å²) in [4.78, 5) is 34.1. The molecule has 0 aliphatic carbocycles. The summed E-state index contributed by atoms with van der Waals surface area (Å²) in [7, 11) is 0. The van der Waals surface area contributed by atoms with Gasteiger partial charge >= 0.3 is 12.1 Å². The van der Waals surface area contributed by atoms with E-state index in [1.54, 1.807) is 0 Å². The van der Waals surface area contributed by atoms with Crippen LogP contribution in [0.2, 0.25) is 0 Å². The molecular weight excluding hydrogens is 204 g/mol. The molecule has 1 unspecified atom stereocenters. The Balaban J connectivity index is 2.32. The van der Waals surface area contributed by atoms with Gasteiger partial charge in [0, 0.05) is 0 Å². The highest BCUT2D eigenvalue weighted by Crippen LogP contribution is 2.30. The van der Waals surface area contributed by atoms with Gasteiger partial charge in [0.1, 0.15) is 12.1 Å². The highest BCUT2D eigenvalue weighted by atomic mass is 16.4. The molecule has 0 spiro atoms. The molecule has 3 N–H and O–H groups in total. The van der Waals surface area contributed by atoms with E-state index >= 15 is 0 Å². The number of amides is 2. The molecule has 82 valence electrons. The van der Waals surface area contributed by atoms with Gasteiger partial charge in [0.2, 0.25) is 5.91 Å². The molecule has 7 nitrogen and oxygen atoms in total. The van der Waals surface area contributed by atoms with E-state index in [9.17, 15) is 14.4 Å². The number of piperazine rings is 1. The van der Waals surface area contributed by atoms with Crippen molar-refractivity contribution < 1.29 is 24.6 Å². The van der Waals surface area contributed by atoms with Gasteiger partial charge in [0.25, 0.3) is 0 Å². The summed E-state index contributed by atoms with van der Waals surface area (Å²) in [6, 6.07) is -2.47. The van der Waals surface area contributed by atoms with Gasteiger partial charge in [-0.25, -0.2) is 9.59 Å². The van der Waals surface area contributed by atoms with E-state index < -0.39 is 36.1 Å². The molecular formula is C8H10N2O5. The smallest absolute Gasteiger partial charge is 0.408 e. The van der Waals surface area contributed by atoms with Crippen molar-refractivity contribution >= 4 is 18.0 Å². The molecule has 0 aromatic heterocycles. The van der Waals surface area contributed by atoms with E-state index in [1.807, 2.05) is 0 Å². The first-order chi connectivity index (χ1) is 7.02. The van der Waals surface area contributed by atoms with Gasteiger partial charge in [-0.1, -0.05) is 0 Å². The summed E-state index contributed by atoms with van der Waals surface area (Å²) in [5.74, 6) is -1.71. The minimum Gasteiger partial charge on any atom is -0.480 e. The maximum absolute atomic E-state index is 11.4. The predicted octanol–water partition coefficient (Wildman–Crippen LogP) is -0.920. The fraction of sp³-hybridized carbons (Fsp3) is 0.625. The molecule has 0 saturated carbocycles. The lowest BCUT2D eigenvalue weighted by atomic mass is 10.1. The number of rotatable bonds is 1. The van der Waals surface area contributed by atoms with Crippen molar-refractivity contribution in [2.24, 2.45) is 0 Å². The SMILES string of the molecule is O=C(O)C1NC(=O)[C@@H]2CC[C@H]1N2C(=O)O. The van der Waals surface area contributed by atoms with Crippen molar-refractivity contribution in [1.82, 2.24) is 10.2 Å². The van der Waals surface area contributed by atoms with Crippen LogP contribution in [0.1, 0.15) is 12.8 Å². The highest BCUT2D eigenvalue weighted by Gasteiger charge is 2.51. The Kier molecular flexibility index (Phi) is 2.02. The molecule has 0 aromatic rings.